The van der Waals surface area contributed by atoms with Crippen LogP contribution in [0.5, 0.6) is 23.0 Å². The third-order valence-electron chi connectivity index (χ3n) is 18.5. The van der Waals surface area contributed by atoms with E-state index >= 15 is 0 Å². The Labute approximate surface area is 552 Å². The van der Waals surface area contributed by atoms with Gasteiger partial charge in [0.1, 0.15) is 89.9 Å². The number of hydrogen-bond donors (Lipinski definition) is 0. The topological polar surface area (TPSA) is 303 Å². The Hall–Kier alpha value is -4.08. The molecule has 4 aromatic carbocycles. The maximum Gasteiger partial charge on any atom is 0.128 e. The second-order valence-electron chi connectivity index (χ2n) is 21.8. The van der Waals surface area contributed by atoms with E-state index in [2.05, 4.69) is 111 Å². The van der Waals surface area contributed by atoms with Gasteiger partial charge in [0, 0.05) is 21.5 Å². The highest BCUT2D eigenvalue weighted by Crippen LogP contribution is 2.43. The number of benzene rings is 4. The van der Waals surface area contributed by atoms with Crippen LogP contribution in [0.25, 0.3) is 21.5 Å². The molecule has 4 aromatic rings. The highest BCUT2D eigenvalue weighted by Gasteiger charge is 2.25. The number of nitrogens with zero attached hydrogens (tertiary/aromatic N) is 4. The van der Waals surface area contributed by atoms with Gasteiger partial charge in [0.05, 0.1) is 177 Å². The molecule has 28 heteroatoms. The smallest absolute Gasteiger partial charge is 0.128 e. The zero-order valence-corrected chi connectivity index (χ0v) is 61.3. The van der Waals surface area contributed by atoms with E-state index in [1.165, 1.54) is 123 Å². The Bertz CT molecular complexity index is 2750. The minimum Gasteiger partial charge on any atom is -0.744 e. The number of ether oxygens (including phenoxy) is 8. The third-order valence-corrected chi connectivity index (χ3v) is 22.0. The van der Waals surface area contributed by atoms with Crippen LogP contribution in [0.3, 0.4) is 0 Å². The van der Waals surface area contributed by atoms with Crippen molar-refractivity contribution in [1.29, 1.82) is 0 Å². The maximum atomic E-state index is 12.2. The SMILES string of the molecule is CC[N+](CC)(CC)CC.CC[N+](CC)(CC)CC.CC[N+](CC)(CC)CC.CC[N+](CC)(CC)CC.O=S(=O)([O-])c1ccc2c3c(S(=O)(=O)[O-])ccc(c13)OCCOCCOCCOc1ccc(S(=O)(=O)[O-])c3c(ccc(S(=O)(=O)[O-])c13)OCCOCCOCCO2. The Morgan fingerprint density at radius 1 is 0.250 bits per heavy atom. The predicted octanol–water partition coefficient (Wildman–Crippen LogP) is 8.44. The summed E-state index contributed by atoms with van der Waals surface area (Å²) in [7, 11) is -20.9. The van der Waals surface area contributed by atoms with Gasteiger partial charge in [0.2, 0.25) is 0 Å². The molecule has 1 aliphatic rings. The summed E-state index contributed by atoms with van der Waals surface area (Å²) in [5, 5.41) is -1.96. The zero-order valence-electron chi connectivity index (χ0n) is 58.0. The van der Waals surface area contributed by atoms with Crippen molar-refractivity contribution in [2.24, 2.45) is 0 Å². The Balaban J connectivity index is 0.000000944. The van der Waals surface area contributed by atoms with E-state index < -0.39 is 81.6 Å². The Kier molecular flexibility index (Phi) is 39.0. The van der Waals surface area contributed by atoms with E-state index in [-0.39, 0.29) is 102 Å². The van der Waals surface area contributed by atoms with Gasteiger partial charge in [-0.25, -0.2) is 33.7 Å². The average Bonchev–Trinajstić information content (AvgIpc) is 0.759. The van der Waals surface area contributed by atoms with Gasteiger partial charge >= 0.3 is 0 Å². The zero-order chi connectivity index (χ0) is 70.0. The van der Waals surface area contributed by atoms with Crippen molar-refractivity contribution in [3.63, 3.8) is 0 Å². The van der Waals surface area contributed by atoms with Gasteiger partial charge in [0.15, 0.2) is 0 Å². The molecule has 24 nitrogen and oxygen atoms in total. The molecule has 0 radical (unpaired) electrons. The molecule has 0 fully saturated rings. The van der Waals surface area contributed by atoms with Crippen molar-refractivity contribution < 1.29 is 108 Å². The highest BCUT2D eigenvalue weighted by atomic mass is 32.2. The minimum atomic E-state index is -5.23. The van der Waals surface area contributed by atoms with Gasteiger partial charge in [-0.05, 0) is 159 Å². The molecule has 92 heavy (non-hydrogen) atoms. The van der Waals surface area contributed by atoms with E-state index in [0.29, 0.717) is 0 Å². The molecule has 8 bridgehead atoms. The lowest BCUT2D eigenvalue weighted by molar-refractivity contribution is -0.921. The molecule has 1 heterocycles. The molecule has 0 aromatic heterocycles. The molecule has 0 aliphatic carbocycles. The Morgan fingerprint density at radius 2 is 0.380 bits per heavy atom. The summed E-state index contributed by atoms with van der Waals surface area (Å²) in [4.78, 5) is -3.45. The van der Waals surface area contributed by atoms with Crippen LogP contribution in [-0.2, 0) is 59.4 Å². The van der Waals surface area contributed by atoms with Crippen molar-refractivity contribution in [2.45, 2.75) is 130 Å². The van der Waals surface area contributed by atoms with E-state index in [9.17, 15) is 51.9 Å². The molecule has 0 saturated heterocycles. The van der Waals surface area contributed by atoms with Crippen LogP contribution < -0.4 is 18.9 Å². The van der Waals surface area contributed by atoms with Gasteiger partial charge in [-0.1, -0.05) is 0 Å². The van der Waals surface area contributed by atoms with Gasteiger partial charge in [0.25, 0.3) is 0 Å². The standard InChI is InChI=1S/C32H36O20S4.4C8H20N/c33-53(34,35)25-5-1-21-29-26(54(36,37)38)6-2-22(30(25)29)50-18-14-47-11-12-48-16-20-52-24-4-8-27(55(39,40)41)31-23(3-7-28(32(24)31)56(42,43)44)51-19-15-46-10-9-45-13-17-49-21;4*1-5-9(6-2,7-3)8-4/h1-8H,9-20H2,(H,33,34,35)(H,36,37,38)(H,39,40,41)(H,42,43,44);4*5-8H2,1-4H3/q;4*+1/p-4. The predicted molar refractivity (Wildman–Crippen MR) is 355 cm³/mol. The first-order valence-electron chi connectivity index (χ1n) is 32.6. The number of rotatable bonds is 20. The minimum absolute atomic E-state index is 0.0281. The van der Waals surface area contributed by atoms with Crippen LogP contribution in [0.4, 0.5) is 0 Å². The summed E-state index contributed by atoms with van der Waals surface area (Å²) in [6, 6.07) is 7.66. The van der Waals surface area contributed by atoms with Gasteiger partial charge in [-0.3, -0.25) is 0 Å². The molecular formula is C64H112N4O20S4. The lowest BCUT2D eigenvalue weighted by atomic mass is 10.1. The first-order valence-corrected chi connectivity index (χ1v) is 38.2. The second kappa shape index (κ2) is 41.8. The maximum absolute atomic E-state index is 12.2. The van der Waals surface area contributed by atoms with Crippen LogP contribution in [-0.4, -0.2) is 254 Å². The number of hydrogen-bond acceptors (Lipinski definition) is 20. The third kappa shape index (κ3) is 26.2. The van der Waals surface area contributed by atoms with Crippen LogP contribution >= 0.6 is 0 Å². The van der Waals surface area contributed by atoms with Crippen LogP contribution in [0.15, 0.2) is 68.1 Å². The lowest BCUT2D eigenvalue weighted by Gasteiger charge is -2.34. The molecule has 0 saturated carbocycles. The molecule has 0 unspecified atom stereocenters. The first kappa shape index (κ1) is 85.9. The molecular weight excluding hydrogens is 1270 g/mol. The lowest BCUT2D eigenvalue weighted by Crippen LogP contribution is -2.47. The molecule has 0 atom stereocenters. The van der Waals surface area contributed by atoms with Crippen molar-refractivity contribution >= 4 is 62.0 Å². The Morgan fingerprint density at radius 3 is 0.489 bits per heavy atom. The van der Waals surface area contributed by atoms with Crippen LogP contribution in [0.1, 0.15) is 111 Å². The summed E-state index contributed by atoms with van der Waals surface area (Å²) < 4.78 is 196. The van der Waals surface area contributed by atoms with Crippen LogP contribution in [0, 0.1) is 0 Å². The van der Waals surface area contributed by atoms with E-state index in [1.54, 1.807) is 0 Å². The highest BCUT2D eigenvalue weighted by molar-refractivity contribution is 7.87. The van der Waals surface area contributed by atoms with Crippen LogP contribution in [0.2, 0.25) is 0 Å². The fourth-order valence-corrected chi connectivity index (χ4v) is 13.7. The van der Waals surface area contributed by atoms with Gasteiger partial charge in [-0.15, -0.1) is 0 Å². The van der Waals surface area contributed by atoms with E-state index in [4.69, 9.17) is 37.9 Å². The summed E-state index contributed by atoms with van der Waals surface area (Å²) in [6.45, 7) is 55.3. The molecule has 1 aliphatic heterocycles. The molecule has 532 valence electrons. The van der Waals surface area contributed by atoms with Crippen molar-refractivity contribution in [3.8, 4) is 23.0 Å². The van der Waals surface area contributed by atoms with E-state index in [1.807, 2.05) is 0 Å². The summed E-state index contributed by atoms with van der Waals surface area (Å²) in [5.41, 5.74) is 0. The summed E-state index contributed by atoms with van der Waals surface area (Å²) in [6.07, 6.45) is 0. The van der Waals surface area contributed by atoms with E-state index in [0.717, 1.165) is 48.5 Å². The molecule has 5 rings (SSSR count). The van der Waals surface area contributed by atoms with Crippen molar-refractivity contribution in [2.75, 3.05) is 184 Å². The summed E-state index contributed by atoms with van der Waals surface area (Å²) >= 11 is 0. The normalized spacial score (nSPS) is 15.0. The fraction of sp³-hybridized carbons (Fsp3) is 0.688. The largest absolute Gasteiger partial charge is 0.744 e. The van der Waals surface area contributed by atoms with Gasteiger partial charge in [-0.2, -0.15) is 0 Å². The number of quaternary nitrogens is 4. The van der Waals surface area contributed by atoms with Crippen molar-refractivity contribution in [1.82, 2.24) is 0 Å². The van der Waals surface area contributed by atoms with Gasteiger partial charge < -0.3 is 74.0 Å². The average molecular weight is 1390 g/mol. The quantitative estimate of drug-likeness (QED) is 0.0592. The summed E-state index contributed by atoms with van der Waals surface area (Å²) in [5.74, 6) is -1.04. The molecule has 0 amide bonds. The first-order chi connectivity index (χ1) is 43.4. The monoisotopic (exact) mass is 1380 g/mol. The second-order valence-corrected chi connectivity index (χ2v) is 27.2. The fourth-order valence-electron chi connectivity index (χ4n) is 10.9. The van der Waals surface area contributed by atoms with Crippen molar-refractivity contribution in [3.05, 3.63) is 48.5 Å². The molecule has 0 N–H and O–H groups in total. The molecule has 0 spiro atoms.